The first-order valence-electron chi connectivity index (χ1n) is 9.31. The van der Waals surface area contributed by atoms with Crippen LogP contribution in [0.25, 0.3) is 0 Å². The molecule has 0 unspecified atom stereocenters. The minimum atomic E-state index is -0.638. The van der Waals surface area contributed by atoms with Crippen molar-refractivity contribution in [2.45, 2.75) is 26.7 Å². The van der Waals surface area contributed by atoms with E-state index in [1.165, 1.54) is 12.6 Å². The van der Waals surface area contributed by atoms with Crippen LogP contribution in [0.2, 0.25) is 0 Å². The zero-order valence-electron chi connectivity index (χ0n) is 17.1. The van der Waals surface area contributed by atoms with Crippen LogP contribution in [0.1, 0.15) is 41.3 Å². The van der Waals surface area contributed by atoms with Gasteiger partial charge in [-0.05, 0) is 60.4 Å². The molecule has 7 nitrogen and oxygen atoms in total. The fraction of sp³-hybridized carbons (Fsp3) is 0.318. The number of aryl methyl sites for hydroxylation is 1. The number of carbonyl (C=O) groups is 3. The molecule has 0 aromatic heterocycles. The first-order valence-corrected chi connectivity index (χ1v) is 9.31. The Labute approximate surface area is 170 Å². The van der Waals surface area contributed by atoms with Crippen molar-refractivity contribution in [3.63, 3.8) is 0 Å². The number of esters is 1. The molecule has 7 heteroatoms. The minimum absolute atomic E-state index is 0.217. The minimum Gasteiger partial charge on any atom is -0.482 e. The molecule has 0 aliphatic rings. The van der Waals surface area contributed by atoms with E-state index in [4.69, 9.17) is 9.47 Å². The third-order valence-electron chi connectivity index (χ3n) is 4.24. The van der Waals surface area contributed by atoms with E-state index in [2.05, 4.69) is 24.5 Å². The van der Waals surface area contributed by atoms with Crippen molar-refractivity contribution in [3.8, 4) is 5.75 Å². The second kappa shape index (κ2) is 10.3. The van der Waals surface area contributed by atoms with Crippen molar-refractivity contribution in [3.05, 3.63) is 59.2 Å². The van der Waals surface area contributed by atoms with Crippen LogP contribution in [0.4, 0.5) is 5.69 Å². The van der Waals surface area contributed by atoms with Gasteiger partial charge in [0.2, 0.25) is 0 Å². The number of amides is 2. The lowest BCUT2D eigenvalue weighted by Crippen LogP contribution is -2.23. The Kier molecular flexibility index (Phi) is 7.77. The number of benzene rings is 2. The van der Waals surface area contributed by atoms with E-state index in [-0.39, 0.29) is 12.5 Å². The Morgan fingerprint density at radius 3 is 2.28 bits per heavy atom. The quantitative estimate of drug-likeness (QED) is 0.667. The van der Waals surface area contributed by atoms with E-state index >= 15 is 0 Å². The molecule has 154 valence electrons. The van der Waals surface area contributed by atoms with E-state index < -0.39 is 18.5 Å². The van der Waals surface area contributed by atoms with Crippen LogP contribution < -0.4 is 15.4 Å². The van der Waals surface area contributed by atoms with Crippen molar-refractivity contribution in [2.24, 2.45) is 0 Å². The SMILES string of the molecule is CNC(=O)c1ccc(NC(=O)COC(=O)COc2ccc(C(C)C)c(C)c2)cc1. The molecule has 0 atom stereocenters. The highest BCUT2D eigenvalue weighted by Gasteiger charge is 2.11. The topological polar surface area (TPSA) is 93.7 Å². The molecule has 2 rings (SSSR count). The van der Waals surface area contributed by atoms with Crippen molar-refractivity contribution < 1.29 is 23.9 Å². The molecule has 29 heavy (non-hydrogen) atoms. The van der Waals surface area contributed by atoms with Gasteiger partial charge in [0.15, 0.2) is 13.2 Å². The lowest BCUT2D eigenvalue weighted by molar-refractivity contribution is -0.149. The van der Waals surface area contributed by atoms with Gasteiger partial charge >= 0.3 is 5.97 Å². The molecule has 0 saturated heterocycles. The Bertz CT molecular complexity index is 875. The highest BCUT2D eigenvalue weighted by Crippen LogP contribution is 2.23. The molecule has 2 amide bonds. The maximum Gasteiger partial charge on any atom is 0.344 e. The lowest BCUT2D eigenvalue weighted by atomic mass is 9.98. The van der Waals surface area contributed by atoms with Gasteiger partial charge in [-0.15, -0.1) is 0 Å². The summed E-state index contributed by atoms with van der Waals surface area (Å²) in [4.78, 5) is 35.2. The Hall–Kier alpha value is -3.35. The highest BCUT2D eigenvalue weighted by molar-refractivity contribution is 5.96. The molecular weight excluding hydrogens is 372 g/mol. The van der Waals surface area contributed by atoms with Gasteiger partial charge in [-0.2, -0.15) is 0 Å². The molecule has 2 N–H and O–H groups in total. The number of hydrogen-bond acceptors (Lipinski definition) is 5. The van der Waals surface area contributed by atoms with Crippen molar-refractivity contribution in [2.75, 3.05) is 25.6 Å². The van der Waals surface area contributed by atoms with Crippen LogP contribution in [0.3, 0.4) is 0 Å². The number of rotatable bonds is 8. The number of anilines is 1. The second-order valence-electron chi connectivity index (χ2n) is 6.83. The number of carbonyl (C=O) groups excluding carboxylic acids is 3. The van der Waals surface area contributed by atoms with E-state index in [1.807, 2.05) is 25.1 Å². The summed E-state index contributed by atoms with van der Waals surface area (Å²) in [6.45, 7) is 5.51. The predicted molar refractivity (Wildman–Crippen MR) is 110 cm³/mol. The fourth-order valence-electron chi connectivity index (χ4n) is 2.76. The Morgan fingerprint density at radius 2 is 1.69 bits per heavy atom. The van der Waals surface area contributed by atoms with Gasteiger partial charge in [0, 0.05) is 18.3 Å². The summed E-state index contributed by atoms with van der Waals surface area (Å²) < 4.78 is 10.4. The standard InChI is InChI=1S/C22H26N2O5/c1-14(2)19-10-9-18(11-15(19)3)28-13-21(26)29-12-20(25)24-17-7-5-16(6-8-17)22(27)23-4/h5-11,14H,12-13H2,1-4H3,(H,23,27)(H,24,25). The van der Waals surface area contributed by atoms with E-state index in [1.54, 1.807) is 24.3 Å². The van der Waals surface area contributed by atoms with Crippen LogP contribution in [0, 0.1) is 6.92 Å². The summed E-state index contributed by atoms with van der Waals surface area (Å²) in [6.07, 6.45) is 0. The van der Waals surface area contributed by atoms with Gasteiger partial charge in [-0.25, -0.2) is 4.79 Å². The third-order valence-corrected chi connectivity index (χ3v) is 4.24. The van der Waals surface area contributed by atoms with E-state index in [9.17, 15) is 14.4 Å². The van der Waals surface area contributed by atoms with Gasteiger partial charge in [0.25, 0.3) is 11.8 Å². The Morgan fingerprint density at radius 1 is 1.00 bits per heavy atom. The summed E-state index contributed by atoms with van der Waals surface area (Å²) >= 11 is 0. The number of nitrogens with one attached hydrogen (secondary N) is 2. The van der Waals surface area contributed by atoms with Gasteiger partial charge in [0.05, 0.1) is 0 Å². The van der Waals surface area contributed by atoms with Crippen LogP contribution >= 0.6 is 0 Å². The smallest absolute Gasteiger partial charge is 0.344 e. The summed E-state index contributed by atoms with van der Waals surface area (Å²) in [5.74, 6) is -0.355. The molecule has 0 fully saturated rings. The first-order chi connectivity index (χ1) is 13.8. The number of ether oxygens (including phenoxy) is 2. The zero-order chi connectivity index (χ0) is 21.4. The average molecular weight is 398 g/mol. The van der Waals surface area contributed by atoms with Crippen molar-refractivity contribution in [1.82, 2.24) is 5.32 Å². The van der Waals surface area contributed by atoms with Gasteiger partial charge < -0.3 is 20.1 Å². The molecule has 2 aromatic rings. The van der Waals surface area contributed by atoms with Crippen molar-refractivity contribution in [1.29, 1.82) is 0 Å². The van der Waals surface area contributed by atoms with Crippen LogP contribution in [0.5, 0.6) is 5.75 Å². The van der Waals surface area contributed by atoms with Gasteiger partial charge in [0.1, 0.15) is 5.75 Å². The van der Waals surface area contributed by atoms with Crippen LogP contribution in [0.15, 0.2) is 42.5 Å². The zero-order valence-corrected chi connectivity index (χ0v) is 17.1. The molecule has 0 heterocycles. The predicted octanol–water partition coefficient (Wildman–Crippen LogP) is 3.04. The molecule has 0 bridgehead atoms. The maximum absolute atomic E-state index is 11.9. The average Bonchev–Trinajstić information content (AvgIpc) is 2.70. The fourth-order valence-corrected chi connectivity index (χ4v) is 2.76. The van der Waals surface area contributed by atoms with E-state index in [0.717, 1.165) is 5.56 Å². The summed E-state index contributed by atoms with van der Waals surface area (Å²) in [5.41, 5.74) is 3.29. The van der Waals surface area contributed by atoms with Crippen molar-refractivity contribution >= 4 is 23.5 Å². The summed E-state index contributed by atoms with van der Waals surface area (Å²) in [5, 5.41) is 5.10. The molecule has 0 aliphatic heterocycles. The lowest BCUT2D eigenvalue weighted by Gasteiger charge is -2.12. The van der Waals surface area contributed by atoms with Gasteiger partial charge in [-0.1, -0.05) is 19.9 Å². The Balaban J connectivity index is 1.76. The summed E-state index contributed by atoms with van der Waals surface area (Å²) in [6, 6.07) is 12.0. The number of hydrogen-bond donors (Lipinski definition) is 2. The van der Waals surface area contributed by atoms with Crippen LogP contribution in [-0.2, 0) is 14.3 Å². The maximum atomic E-state index is 11.9. The second-order valence-corrected chi connectivity index (χ2v) is 6.83. The van der Waals surface area contributed by atoms with Gasteiger partial charge in [-0.3, -0.25) is 9.59 Å². The molecule has 2 aromatic carbocycles. The monoisotopic (exact) mass is 398 g/mol. The normalized spacial score (nSPS) is 10.4. The molecule has 0 saturated carbocycles. The first kappa shape index (κ1) is 21.9. The molecule has 0 spiro atoms. The van der Waals surface area contributed by atoms with E-state index in [0.29, 0.717) is 22.9 Å². The largest absolute Gasteiger partial charge is 0.482 e. The molecule has 0 aliphatic carbocycles. The summed E-state index contributed by atoms with van der Waals surface area (Å²) in [7, 11) is 1.54. The molecule has 0 radical (unpaired) electrons. The van der Waals surface area contributed by atoms with Crippen LogP contribution in [-0.4, -0.2) is 38.0 Å². The highest BCUT2D eigenvalue weighted by atomic mass is 16.6. The third kappa shape index (κ3) is 6.64. The molecular formula is C22H26N2O5.